The summed E-state index contributed by atoms with van der Waals surface area (Å²) in [6.07, 6.45) is 4.94. The number of piperidine rings is 1. The van der Waals surface area contributed by atoms with Crippen molar-refractivity contribution in [2.45, 2.75) is 38.8 Å². The normalized spacial score (nSPS) is 18.3. The summed E-state index contributed by atoms with van der Waals surface area (Å²) in [5.74, 6) is 1.67. The van der Waals surface area contributed by atoms with E-state index in [1.807, 2.05) is 6.92 Å². The molecule has 0 amide bonds. The van der Waals surface area contributed by atoms with Gasteiger partial charge >= 0.3 is 0 Å². The molecule has 1 aliphatic rings. The van der Waals surface area contributed by atoms with Crippen molar-refractivity contribution >= 4 is 0 Å². The van der Waals surface area contributed by atoms with E-state index in [0.717, 1.165) is 50.5 Å². The third-order valence-electron chi connectivity index (χ3n) is 3.22. The molecule has 1 fully saturated rings. The molecule has 5 nitrogen and oxygen atoms in total. The Hall–Kier alpha value is -0.910. The van der Waals surface area contributed by atoms with Crippen molar-refractivity contribution in [2.24, 2.45) is 0 Å². The van der Waals surface area contributed by atoms with E-state index in [-0.39, 0.29) is 6.61 Å². The maximum absolute atomic E-state index is 8.70. The van der Waals surface area contributed by atoms with Gasteiger partial charge in [0.2, 0.25) is 5.89 Å². The number of likely N-dealkylation sites (tertiary alicyclic amines) is 1. The lowest BCUT2D eigenvalue weighted by molar-refractivity contribution is -0.000628. The van der Waals surface area contributed by atoms with Crippen LogP contribution in [0.15, 0.2) is 10.6 Å². The number of hydrogen-bond acceptors (Lipinski definition) is 5. The second-order valence-electron chi connectivity index (χ2n) is 4.79. The Morgan fingerprint density at radius 3 is 2.89 bits per heavy atom. The standard InChI is InChI=1S/C13H22N2O3/c1-11-9-14-13(18-11)10-15-5-3-12(4-6-15)17-8-2-7-16/h9,12,16H,2-8,10H2,1H3. The van der Waals surface area contributed by atoms with Crippen LogP contribution < -0.4 is 0 Å². The summed E-state index contributed by atoms with van der Waals surface area (Å²) in [7, 11) is 0. The third-order valence-corrected chi connectivity index (χ3v) is 3.22. The predicted octanol–water partition coefficient (Wildman–Crippen LogP) is 1.35. The van der Waals surface area contributed by atoms with Crippen LogP contribution in [0.25, 0.3) is 0 Å². The van der Waals surface area contributed by atoms with E-state index in [1.165, 1.54) is 0 Å². The van der Waals surface area contributed by atoms with E-state index in [2.05, 4.69) is 9.88 Å². The smallest absolute Gasteiger partial charge is 0.208 e. The minimum absolute atomic E-state index is 0.211. The summed E-state index contributed by atoms with van der Waals surface area (Å²) in [4.78, 5) is 6.57. The van der Waals surface area contributed by atoms with Gasteiger partial charge in [0.05, 0.1) is 18.8 Å². The van der Waals surface area contributed by atoms with Gasteiger partial charge in [0.25, 0.3) is 0 Å². The molecular formula is C13H22N2O3. The Balaban J connectivity index is 1.67. The maximum atomic E-state index is 8.70. The van der Waals surface area contributed by atoms with Crippen LogP contribution in [0.1, 0.15) is 30.9 Å². The van der Waals surface area contributed by atoms with Crippen molar-refractivity contribution in [3.05, 3.63) is 17.8 Å². The number of hydrogen-bond donors (Lipinski definition) is 1. The molecule has 0 atom stereocenters. The summed E-state index contributed by atoms with van der Waals surface area (Å²) in [6, 6.07) is 0. The molecule has 0 unspecified atom stereocenters. The average Bonchev–Trinajstić information content (AvgIpc) is 2.77. The van der Waals surface area contributed by atoms with Gasteiger partial charge in [-0.1, -0.05) is 0 Å². The van der Waals surface area contributed by atoms with Gasteiger partial charge in [-0.05, 0) is 26.2 Å². The van der Waals surface area contributed by atoms with Crippen LogP contribution in [-0.2, 0) is 11.3 Å². The van der Waals surface area contributed by atoms with Crippen molar-refractivity contribution in [2.75, 3.05) is 26.3 Å². The SMILES string of the molecule is Cc1cnc(CN2CCC(OCCCO)CC2)o1. The number of aliphatic hydroxyl groups is 1. The van der Waals surface area contributed by atoms with Crippen LogP contribution in [0.4, 0.5) is 0 Å². The Labute approximate surface area is 108 Å². The lowest BCUT2D eigenvalue weighted by atomic mass is 10.1. The van der Waals surface area contributed by atoms with Gasteiger partial charge in [0.15, 0.2) is 0 Å². The van der Waals surface area contributed by atoms with Crippen LogP contribution in [0.3, 0.4) is 0 Å². The molecule has 0 bridgehead atoms. The molecule has 1 aromatic rings. The summed E-state index contributed by atoms with van der Waals surface area (Å²) in [5, 5.41) is 8.70. The number of aliphatic hydroxyl groups excluding tert-OH is 1. The van der Waals surface area contributed by atoms with E-state index in [4.69, 9.17) is 14.3 Å². The van der Waals surface area contributed by atoms with Crippen molar-refractivity contribution in [1.29, 1.82) is 0 Å². The first kappa shape index (κ1) is 13.5. The zero-order valence-electron chi connectivity index (χ0n) is 11.0. The zero-order chi connectivity index (χ0) is 12.8. The molecule has 102 valence electrons. The summed E-state index contributed by atoms with van der Waals surface area (Å²) < 4.78 is 11.2. The predicted molar refractivity (Wildman–Crippen MR) is 67.2 cm³/mol. The molecule has 18 heavy (non-hydrogen) atoms. The first-order valence-corrected chi connectivity index (χ1v) is 6.64. The Morgan fingerprint density at radius 1 is 1.50 bits per heavy atom. The Kier molecular flexibility index (Phi) is 5.16. The first-order chi connectivity index (χ1) is 8.78. The van der Waals surface area contributed by atoms with Gasteiger partial charge in [0.1, 0.15) is 5.76 Å². The highest BCUT2D eigenvalue weighted by Gasteiger charge is 2.20. The number of aromatic nitrogens is 1. The maximum Gasteiger partial charge on any atom is 0.208 e. The Morgan fingerprint density at radius 2 is 2.28 bits per heavy atom. The minimum atomic E-state index is 0.211. The van der Waals surface area contributed by atoms with E-state index < -0.39 is 0 Å². The van der Waals surface area contributed by atoms with Crippen LogP contribution >= 0.6 is 0 Å². The zero-order valence-corrected chi connectivity index (χ0v) is 11.0. The second kappa shape index (κ2) is 6.87. The largest absolute Gasteiger partial charge is 0.445 e. The lowest BCUT2D eigenvalue weighted by Gasteiger charge is -2.30. The fourth-order valence-electron chi connectivity index (χ4n) is 2.21. The van der Waals surface area contributed by atoms with E-state index in [9.17, 15) is 0 Å². The second-order valence-corrected chi connectivity index (χ2v) is 4.79. The van der Waals surface area contributed by atoms with Gasteiger partial charge in [-0.25, -0.2) is 4.98 Å². The van der Waals surface area contributed by atoms with E-state index in [1.54, 1.807) is 6.20 Å². The van der Waals surface area contributed by atoms with Crippen molar-refractivity contribution < 1.29 is 14.3 Å². The molecule has 0 saturated carbocycles. The molecule has 0 aliphatic carbocycles. The van der Waals surface area contributed by atoms with Gasteiger partial charge < -0.3 is 14.3 Å². The number of aryl methyl sites for hydroxylation is 1. The third kappa shape index (κ3) is 4.08. The molecule has 5 heteroatoms. The topological polar surface area (TPSA) is 58.7 Å². The fourth-order valence-corrected chi connectivity index (χ4v) is 2.21. The summed E-state index contributed by atoms with van der Waals surface area (Å²) >= 11 is 0. The van der Waals surface area contributed by atoms with Crippen molar-refractivity contribution in [3.63, 3.8) is 0 Å². The molecule has 0 spiro atoms. The van der Waals surface area contributed by atoms with Crippen LogP contribution in [-0.4, -0.2) is 47.4 Å². The van der Waals surface area contributed by atoms with Crippen molar-refractivity contribution in [1.82, 2.24) is 9.88 Å². The highest BCUT2D eigenvalue weighted by atomic mass is 16.5. The average molecular weight is 254 g/mol. The summed E-state index contributed by atoms with van der Waals surface area (Å²) in [6.45, 7) is 5.62. The van der Waals surface area contributed by atoms with E-state index >= 15 is 0 Å². The molecule has 1 aromatic heterocycles. The fraction of sp³-hybridized carbons (Fsp3) is 0.769. The van der Waals surface area contributed by atoms with Gasteiger partial charge in [-0.3, -0.25) is 4.90 Å². The first-order valence-electron chi connectivity index (χ1n) is 6.64. The van der Waals surface area contributed by atoms with Crippen LogP contribution in [0.5, 0.6) is 0 Å². The minimum Gasteiger partial charge on any atom is -0.445 e. The number of ether oxygens (including phenoxy) is 1. The lowest BCUT2D eigenvalue weighted by Crippen LogP contribution is -2.36. The monoisotopic (exact) mass is 254 g/mol. The number of nitrogens with zero attached hydrogens (tertiary/aromatic N) is 2. The van der Waals surface area contributed by atoms with E-state index in [0.29, 0.717) is 12.7 Å². The number of oxazole rings is 1. The quantitative estimate of drug-likeness (QED) is 0.776. The molecular weight excluding hydrogens is 232 g/mol. The highest BCUT2D eigenvalue weighted by molar-refractivity contribution is 4.91. The molecule has 1 saturated heterocycles. The summed E-state index contributed by atoms with van der Waals surface area (Å²) in [5.41, 5.74) is 0. The molecule has 1 N–H and O–H groups in total. The molecule has 0 aromatic carbocycles. The molecule has 0 radical (unpaired) electrons. The van der Waals surface area contributed by atoms with Crippen molar-refractivity contribution in [3.8, 4) is 0 Å². The van der Waals surface area contributed by atoms with Gasteiger partial charge in [-0.15, -0.1) is 0 Å². The Bertz CT molecular complexity index is 346. The van der Waals surface area contributed by atoms with Crippen LogP contribution in [0.2, 0.25) is 0 Å². The van der Waals surface area contributed by atoms with Gasteiger partial charge in [0, 0.05) is 26.3 Å². The van der Waals surface area contributed by atoms with Gasteiger partial charge in [-0.2, -0.15) is 0 Å². The van der Waals surface area contributed by atoms with Crippen LogP contribution in [0, 0.1) is 6.92 Å². The number of rotatable bonds is 6. The highest BCUT2D eigenvalue weighted by Crippen LogP contribution is 2.16. The molecule has 1 aliphatic heterocycles. The molecule has 2 heterocycles. The molecule has 2 rings (SSSR count).